The van der Waals surface area contributed by atoms with E-state index in [1.165, 1.54) is 17.8 Å². The fourth-order valence-corrected chi connectivity index (χ4v) is 5.18. The molecule has 6 heteroatoms. The van der Waals surface area contributed by atoms with Crippen LogP contribution in [0.4, 0.5) is 0 Å². The summed E-state index contributed by atoms with van der Waals surface area (Å²) in [6.07, 6.45) is 4.24. The van der Waals surface area contributed by atoms with E-state index < -0.39 is 10.0 Å². The van der Waals surface area contributed by atoms with Gasteiger partial charge in [0.2, 0.25) is 10.0 Å². The molecule has 0 aromatic carbocycles. The summed E-state index contributed by atoms with van der Waals surface area (Å²) < 4.78 is 28.1. The molecule has 0 bridgehead atoms. The Morgan fingerprint density at radius 3 is 2.90 bits per heavy atom. The lowest BCUT2D eigenvalue weighted by atomic mass is 9.88. The maximum atomic E-state index is 12.4. The summed E-state index contributed by atoms with van der Waals surface area (Å²) in [5.74, 6) is 0.615. The van der Waals surface area contributed by atoms with Crippen molar-refractivity contribution in [2.75, 3.05) is 6.54 Å². The highest BCUT2D eigenvalue weighted by Gasteiger charge is 2.25. The quantitative estimate of drug-likeness (QED) is 0.848. The standard InChI is InChI=1S/C14H24N2O2S2/c1-3-15-9-12-8-14(19-10-12)20(17,18)16-13-6-4-5-11(2)7-13/h8,10-11,13,15-16H,3-7,9H2,1-2H3. The minimum Gasteiger partial charge on any atom is -0.313 e. The molecular formula is C14H24N2O2S2. The molecule has 0 spiro atoms. The van der Waals surface area contributed by atoms with Gasteiger partial charge in [-0.15, -0.1) is 11.3 Å². The molecule has 20 heavy (non-hydrogen) atoms. The van der Waals surface area contributed by atoms with E-state index in [4.69, 9.17) is 0 Å². The average molecular weight is 316 g/mol. The highest BCUT2D eigenvalue weighted by atomic mass is 32.2. The van der Waals surface area contributed by atoms with E-state index in [-0.39, 0.29) is 6.04 Å². The first kappa shape index (κ1) is 15.9. The van der Waals surface area contributed by atoms with Gasteiger partial charge in [0.25, 0.3) is 0 Å². The SMILES string of the molecule is CCNCc1csc(S(=O)(=O)NC2CCCC(C)C2)c1. The third-order valence-corrected chi connectivity index (χ3v) is 6.74. The van der Waals surface area contributed by atoms with Crippen LogP contribution in [0.5, 0.6) is 0 Å². The molecule has 0 radical (unpaired) electrons. The number of sulfonamides is 1. The van der Waals surface area contributed by atoms with Crippen molar-refractivity contribution >= 4 is 21.4 Å². The second kappa shape index (κ2) is 7.02. The Hall–Kier alpha value is -0.430. The van der Waals surface area contributed by atoms with E-state index in [2.05, 4.69) is 17.0 Å². The predicted molar refractivity (Wildman–Crippen MR) is 83.4 cm³/mol. The zero-order valence-corrected chi connectivity index (χ0v) is 13.8. The van der Waals surface area contributed by atoms with Crippen molar-refractivity contribution < 1.29 is 8.42 Å². The van der Waals surface area contributed by atoms with E-state index in [0.29, 0.717) is 10.1 Å². The van der Waals surface area contributed by atoms with Crippen LogP contribution >= 0.6 is 11.3 Å². The van der Waals surface area contributed by atoms with Crippen LogP contribution in [-0.4, -0.2) is 21.0 Å². The van der Waals surface area contributed by atoms with Crippen molar-refractivity contribution in [1.82, 2.24) is 10.0 Å². The Morgan fingerprint density at radius 2 is 2.20 bits per heavy atom. The van der Waals surface area contributed by atoms with Gasteiger partial charge in [0, 0.05) is 12.6 Å². The lowest BCUT2D eigenvalue weighted by Crippen LogP contribution is -2.37. The Bertz CT molecular complexity index is 525. The molecule has 2 N–H and O–H groups in total. The Balaban J connectivity index is 2.00. The van der Waals surface area contributed by atoms with Gasteiger partial charge >= 0.3 is 0 Å². The summed E-state index contributed by atoms with van der Waals surface area (Å²) in [6, 6.07) is 1.88. The van der Waals surface area contributed by atoms with Gasteiger partial charge < -0.3 is 5.32 Å². The molecule has 0 aliphatic heterocycles. The highest BCUT2D eigenvalue weighted by Crippen LogP contribution is 2.26. The van der Waals surface area contributed by atoms with Crippen molar-refractivity contribution in [2.45, 2.75) is 56.3 Å². The van der Waals surface area contributed by atoms with Gasteiger partial charge in [0.05, 0.1) is 0 Å². The maximum Gasteiger partial charge on any atom is 0.250 e. The van der Waals surface area contributed by atoms with Gasteiger partial charge in [-0.2, -0.15) is 0 Å². The van der Waals surface area contributed by atoms with Gasteiger partial charge in [-0.25, -0.2) is 13.1 Å². The van der Waals surface area contributed by atoms with E-state index in [0.717, 1.165) is 37.9 Å². The van der Waals surface area contributed by atoms with E-state index in [1.54, 1.807) is 6.07 Å². The van der Waals surface area contributed by atoms with Crippen molar-refractivity contribution in [3.8, 4) is 0 Å². The lowest BCUT2D eigenvalue weighted by molar-refractivity contribution is 0.327. The van der Waals surface area contributed by atoms with Crippen LogP contribution in [0.2, 0.25) is 0 Å². The van der Waals surface area contributed by atoms with Gasteiger partial charge in [0.1, 0.15) is 4.21 Å². The van der Waals surface area contributed by atoms with Crippen LogP contribution in [0.1, 0.15) is 45.1 Å². The number of hydrogen-bond acceptors (Lipinski definition) is 4. The lowest BCUT2D eigenvalue weighted by Gasteiger charge is -2.26. The smallest absolute Gasteiger partial charge is 0.250 e. The monoisotopic (exact) mass is 316 g/mol. The first-order valence-electron chi connectivity index (χ1n) is 7.31. The maximum absolute atomic E-state index is 12.4. The highest BCUT2D eigenvalue weighted by molar-refractivity contribution is 7.91. The molecule has 1 aliphatic rings. The van der Waals surface area contributed by atoms with Crippen molar-refractivity contribution in [1.29, 1.82) is 0 Å². The first-order chi connectivity index (χ1) is 9.51. The van der Waals surface area contributed by atoms with E-state index >= 15 is 0 Å². The normalized spacial score (nSPS) is 23.9. The summed E-state index contributed by atoms with van der Waals surface area (Å²) in [4.78, 5) is 0. The molecule has 2 unspecified atom stereocenters. The second-order valence-corrected chi connectivity index (χ2v) is 8.50. The van der Waals surface area contributed by atoms with Gasteiger partial charge in [-0.3, -0.25) is 0 Å². The number of nitrogens with one attached hydrogen (secondary N) is 2. The molecule has 0 saturated heterocycles. The molecule has 0 amide bonds. The molecule has 2 rings (SSSR count). The molecular weight excluding hydrogens is 292 g/mol. The second-order valence-electron chi connectivity index (χ2n) is 5.64. The minimum atomic E-state index is -3.35. The van der Waals surface area contributed by atoms with Crippen LogP contribution in [0.15, 0.2) is 15.7 Å². The molecule has 1 fully saturated rings. The average Bonchev–Trinajstić information content (AvgIpc) is 2.85. The fourth-order valence-electron chi connectivity index (χ4n) is 2.67. The van der Waals surface area contributed by atoms with Crippen molar-refractivity contribution in [3.63, 3.8) is 0 Å². The van der Waals surface area contributed by atoms with Gasteiger partial charge in [0.15, 0.2) is 0 Å². The summed E-state index contributed by atoms with van der Waals surface area (Å²) in [6.45, 7) is 5.84. The number of rotatable bonds is 6. The third kappa shape index (κ3) is 4.28. The molecule has 4 nitrogen and oxygen atoms in total. The zero-order valence-electron chi connectivity index (χ0n) is 12.2. The van der Waals surface area contributed by atoms with E-state index in [9.17, 15) is 8.42 Å². The summed E-state index contributed by atoms with van der Waals surface area (Å²) in [7, 11) is -3.35. The molecule has 2 atom stereocenters. The third-order valence-electron chi connectivity index (χ3n) is 3.73. The number of thiophene rings is 1. The Labute approximate surface area is 126 Å². The molecule has 1 aromatic rings. The summed E-state index contributed by atoms with van der Waals surface area (Å²) in [5, 5.41) is 5.13. The molecule has 1 heterocycles. The minimum absolute atomic E-state index is 0.100. The predicted octanol–water partition coefficient (Wildman–Crippen LogP) is 2.71. The first-order valence-corrected chi connectivity index (χ1v) is 9.68. The van der Waals surface area contributed by atoms with Crippen LogP contribution in [0.3, 0.4) is 0 Å². The van der Waals surface area contributed by atoms with Gasteiger partial charge in [-0.05, 0) is 42.3 Å². The Kier molecular flexibility index (Phi) is 5.60. The fraction of sp³-hybridized carbons (Fsp3) is 0.714. The van der Waals surface area contributed by atoms with Gasteiger partial charge in [-0.1, -0.05) is 26.7 Å². The topological polar surface area (TPSA) is 58.2 Å². The zero-order chi connectivity index (χ0) is 14.6. The van der Waals surface area contributed by atoms with Crippen LogP contribution in [-0.2, 0) is 16.6 Å². The van der Waals surface area contributed by atoms with Crippen molar-refractivity contribution in [3.05, 3.63) is 17.0 Å². The Morgan fingerprint density at radius 1 is 1.40 bits per heavy atom. The molecule has 114 valence electrons. The van der Waals surface area contributed by atoms with Crippen LogP contribution in [0, 0.1) is 5.92 Å². The number of hydrogen-bond donors (Lipinski definition) is 2. The largest absolute Gasteiger partial charge is 0.313 e. The summed E-state index contributed by atoms with van der Waals surface area (Å²) >= 11 is 1.31. The van der Waals surface area contributed by atoms with Crippen LogP contribution in [0.25, 0.3) is 0 Å². The molecule has 1 aromatic heterocycles. The van der Waals surface area contributed by atoms with E-state index in [1.807, 2.05) is 12.3 Å². The summed E-state index contributed by atoms with van der Waals surface area (Å²) in [5.41, 5.74) is 1.04. The molecule has 1 saturated carbocycles. The van der Waals surface area contributed by atoms with Crippen molar-refractivity contribution in [2.24, 2.45) is 5.92 Å². The molecule has 1 aliphatic carbocycles. The van der Waals surface area contributed by atoms with Crippen LogP contribution < -0.4 is 10.0 Å².